The summed E-state index contributed by atoms with van der Waals surface area (Å²) in [4.78, 5) is 21.7. The van der Waals surface area contributed by atoms with Crippen molar-refractivity contribution in [1.29, 1.82) is 0 Å². The topological polar surface area (TPSA) is 75.6 Å². The van der Waals surface area contributed by atoms with Crippen LogP contribution >= 0.6 is 15.9 Å². The van der Waals surface area contributed by atoms with E-state index in [2.05, 4.69) is 21.2 Å². The van der Waals surface area contributed by atoms with E-state index in [1.807, 2.05) is 26.0 Å². The van der Waals surface area contributed by atoms with Gasteiger partial charge in [0.05, 0.1) is 0 Å². The monoisotopic (exact) mass is 315 g/mol. The van der Waals surface area contributed by atoms with Crippen molar-refractivity contribution in [2.24, 2.45) is 0 Å². The van der Waals surface area contributed by atoms with Crippen LogP contribution in [0.1, 0.15) is 11.1 Å². The molecule has 0 aliphatic heterocycles. The maximum Gasteiger partial charge on any atom is 0.329 e. The zero-order valence-corrected chi connectivity index (χ0v) is 11.7. The molecule has 1 amide bonds. The number of benzene rings is 1. The maximum absolute atomic E-state index is 11.5. The molecule has 1 rings (SSSR count). The fourth-order valence-electron chi connectivity index (χ4n) is 1.45. The number of rotatable bonds is 5. The molecule has 5 nitrogen and oxygen atoms in total. The Hall–Kier alpha value is -1.40. The van der Waals surface area contributed by atoms with E-state index in [1.165, 1.54) is 0 Å². The summed E-state index contributed by atoms with van der Waals surface area (Å²) in [6.07, 6.45) is 0. The number of anilines is 1. The van der Waals surface area contributed by atoms with Crippen molar-refractivity contribution in [2.45, 2.75) is 13.8 Å². The first-order valence-electron chi connectivity index (χ1n) is 5.26. The van der Waals surface area contributed by atoms with Crippen LogP contribution in [0.4, 0.5) is 5.69 Å². The van der Waals surface area contributed by atoms with Gasteiger partial charge >= 0.3 is 5.97 Å². The number of ether oxygens (including phenoxy) is 1. The third-order valence-electron chi connectivity index (χ3n) is 2.18. The molecular formula is C12H14BrNO4. The van der Waals surface area contributed by atoms with Gasteiger partial charge in [0.2, 0.25) is 5.91 Å². The third-order valence-corrected chi connectivity index (χ3v) is 3.43. The van der Waals surface area contributed by atoms with Crippen molar-refractivity contribution in [2.75, 3.05) is 18.5 Å². The summed E-state index contributed by atoms with van der Waals surface area (Å²) in [5.74, 6) is -1.48. The largest absolute Gasteiger partial charge is 0.480 e. The molecule has 0 heterocycles. The summed E-state index contributed by atoms with van der Waals surface area (Å²) in [6.45, 7) is 3.09. The Kier molecular flexibility index (Phi) is 5.30. The predicted molar refractivity (Wildman–Crippen MR) is 70.7 cm³/mol. The highest BCUT2D eigenvalue weighted by Crippen LogP contribution is 2.24. The first kappa shape index (κ1) is 14.7. The second-order valence-electron chi connectivity index (χ2n) is 3.86. The highest BCUT2D eigenvalue weighted by molar-refractivity contribution is 9.10. The van der Waals surface area contributed by atoms with Crippen molar-refractivity contribution < 1.29 is 19.4 Å². The van der Waals surface area contributed by atoms with E-state index in [0.717, 1.165) is 15.6 Å². The van der Waals surface area contributed by atoms with E-state index in [4.69, 9.17) is 9.84 Å². The molecule has 18 heavy (non-hydrogen) atoms. The minimum atomic E-state index is -1.10. The Morgan fingerprint density at radius 1 is 1.28 bits per heavy atom. The molecule has 0 fully saturated rings. The van der Waals surface area contributed by atoms with Crippen LogP contribution in [0, 0.1) is 13.8 Å². The SMILES string of the molecule is Cc1cc(NC(=O)COCC(=O)O)cc(C)c1Br. The lowest BCUT2D eigenvalue weighted by Crippen LogP contribution is -2.20. The maximum atomic E-state index is 11.5. The average molecular weight is 316 g/mol. The molecule has 1 aromatic carbocycles. The van der Waals surface area contributed by atoms with Crippen molar-refractivity contribution in [3.8, 4) is 0 Å². The number of carbonyl (C=O) groups is 2. The Balaban J connectivity index is 2.57. The van der Waals surface area contributed by atoms with Crippen LogP contribution in [-0.4, -0.2) is 30.2 Å². The van der Waals surface area contributed by atoms with E-state index < -0.39 is 12.6 Å². The van der Waals surface area contributed by atoms with Gasteiger partial charge in [-0.05, 0) is 37.1 Å². The summed E-state index contributed by atoms with van der Waals surface area (Å²) < 4.78 is 5.69. The summed E-state index contributed by atoms with van der Waals surface area (Å²) in [5.41, 5.74) is 2.69. The number of hydrogen-bond donors (Lipinski definition) is 2. The first-order valence-corrected chi connectivity index (χ1v) is 6.05. The molecule has 2 N–H and O–H groups in total. The summed E-state index contributed by atoms with van der Waals surface area (Å²) in [7, 11) is 0. The van der Waals surface area contributed by atoms with Crippen molar-refractivity contribution in [1.82, 2.24) is 0 Å². The van der Waals surface area contributed by atoms with Gasteiger partial charge in [0.25, 0.3) is 0 Å². The number of carboxylic acids is 1. The Bertz CT molecular complexity index is 450. The number of aliphatic carboxylic acids is 1. The standard InChI is InChI=1S/C12H14BrNO4/c1-7-3-9(4-8(2)12(7)13)14-10(15)5-18-6-11(16)17/h3-4H,5-6H2,1-2H3,(H,14,15)(H,16,17). The number of hydrogen-bond acceptors (Lipinski definition) is 3. The van der Waals surface area contributed by atoms with Crippen molar-refractivity contribution in [3.63, 3.8) is 0 Å². The highest BCUT2D eigenvalue weighted by atomic mass is 79.9. The molecule has 1 aromatic rings. The molecule has 0 saturated carbocycles. The van der Waals surface area contributed by atoms with Gasteiger partial charge in [-0.2, -0.15) is 0 Å². The smallest absolute Gasteiger partial charge is 0.329 e. The molecule has 0 unspecified atom stereocenters. The van der Waals surface area contributed by atoms with Gasteiger partial charge in [0, 0.05) is 10.2 Å². The zero-order chi connectivity index (χ0) is 13.7. The Labute approximate surface area is 113 Å². The fraction of sp³-hybridized carbons (Fsp3) is 0.333. The van der Waals surface area contributed by atoms with Crippen molar-refractivity contribution >= 4 is 33.5 Å². The summed E-state index contributed by atoms with van der Waals surface area (Å²) in [5, 5.41) is 11.0. The van der Waals surface area contributed by atoms with E-state index in [9.17, 15) is 9.59 Å². The highest BCUT2D eigenvalue weighted by Gasteiger charge is 2.07. The fourth-order valence-corrected chi connectivity index (χ4v) is 1.68. The van der Waals surface area contributed by atoms with E-state index in [1.54, 1.807) is 0 Å². The lowest BCUT2D eigenvalue weighted by molar-refractivity contribution is -0.143. The average Bonchev–Trinajstić information content (AvgIpc) is 2.25. The summed E-state index contributed by atoms with van der Waals surface area (Å²) >= 11 is 3.43. The molecule has 0 radical (unpaired) electrons. The molecule has 0 bridgehead atoms. The van der Waals surface area contributed by atoms with Gasteiger partial charge in [-0.15, -0.1) is 0 Å². The first-order chi connectivity index (χ1) is 8.40. The Morgan fingerprint density at radius 3 is 2.33 bits per heavy atom. The van der Waals surface area contributed by atoms with E-state index in [0.29, 0.717) is 5.69 Å². The third kappa shape index (κ3) is 4.46. The lowest BCUT2D eigenvalue weighted by Gasteiger charge is -2.09. The second-order valence-corrected chi connectivity index (χ2v) is 4.65. The minimum Gasteiger partial charge on any atom is -0.480 e. The van der Waals surface area contributed by atoms with Crippen LogP contribution in [-0.2, 0) is 14.3 Å². The van der Waals surface area contributed by atoms with Gasteiger partial charge in [-0.25, -0.2) is 4.79 Å². The van der Waals surface area contributed by atoms with Gasteiger partial charge in [-0.1, -0.05) is 15.9 Å². The summed E-state index contributed by atoms with van der Waals surface area (Å²) in [6, 6.07) is 3.65. The molecule has 0 aliphatic carbocycles. The van der Waals surface area contributed by atoms with Crippen molar-refractivity contribution in [3.05, 3.63) is 27.7 Å². The van der Waals surface area contributed by atoms with Gasteiger partial charge in [0.15, 0.2) is 0 Å². The second kappa shape index (κ2) is 6.51. The number of amides is 1. The number of halogens is 1. The van der Waals surface area contributed by atoms with Crippen LogP contribution in [0.15, 0.2) is 16.6 Å². The van der Waals surface area contributed by atoms with Gasteiger partial charge in [-0.3, -0.25) is 4.79 Å². The van der Waals surface area contributed by atoms with Crippen LogP contribution in [0.5, 0.6) is 0 Å². The molecule has 0 spiro atoms. The van der Waals surface area contributed by atoms with Crippen LogP contribution in [0.2, 0.25) is 0 Å². The number of nitrogens with one attached hydrogen (secondary N) is 1. The van der Waals surface area contributed by atoms with E-state index in [-0.39, 0.29) is 12.5 Å². The van der Waals surface area contributed by atoms with Crippen LogP contribution in [0.3, 0.4) is 0 Å². The molecule has 0 aromatic heterocycles. The van der Waals surface area contributed by atoms with Gasteiger partial charge < -0.3 is 15.2 Å². The van der Waals surface area contributed by atoms with Crippen LogP contribution in [0.25, 0.3) is 0 Å². The molecular weight excluding hydrogens is 302 g/mol. The number of aryl methyl sites for hydroxylation is 2. The normalized spacial score (nSPS) is 10.2. The van der Waals surface area contributed by atoms with Crippen LogP contribution < -0.4 is 5.32 Å². The van der Waals surface area contributed by atoms with Gasteiger partial charge in [0.1, 0.15) is 13.2 Å². The molecule has 98 valence electrons. The molecule has 6 heteroatoms. The molecule has 0 saturated heterocycles. The zero-order valence-electron chi connectivity index (χ0n) is 10.1. The minimum absolute atomic E-state index is 0.277. The Morgan fingerprint density at radius 2 is 1.83 bits per heavy atom. The lowest BCUT2D eigenvalue weighted by atomic mass is 10.1. The molecule has 0 aliphatic rings. The van der Waals surface area contributed by atoms with E-state index >= 15 is 0 Å². The quantitative estimate of drug-likeness (QED) is 0.872. The predicted octanol–water partition coefficient (Wildman–Crippen LogP) is 2.11. The number of carbonyl (C=O) groups excluding carboxylic acids is 1. The number of carboxylic acid groups (broad SMARTS) is 1. The molecule has 0 atom stereocenters.